The highest BCUT2D eigenvalue weighted by molar-refractivity contribution is 5.99. The zero-order valence-corrected chi connectivity index (χ0v) is 20.0. The Morgan fingerprint density at radius 3 is 2.69 bits per heavy atom. The van der Waals surface area contributed by atoms with E-state index >= 15 is 0 Å². The third-order valence-electron chi connectivity index (χ3n) is 6.26. The second kappa shape index (κ2) is 9.65. The van der Waals surface area contributed by atoms with Crippen molar-refractivity contribution >= 4 is 33.6 Å². The second-order valence-corrected chi connectivity index (χ2v) is 8.39. The van der Waals surface area contributed by atoms with Gasteiger partial charge in [-0.2, -0.15) is 0 Å². The Bertz CT molecular complexity index is 1540. The third-order valence-corrected chi connectivity index (χ3v) is 6.26. The maximum Gasteiger partial charge on any atom is 0.257 e. The first-order valence-electron chi connectivity index (χ1n) is 11.6. The topological polar surface area (TPSA) is 124 Å². The molecular formula is C26H26N4O6. The molecule has 0 saturated carbocycles. The number of ether oxygens (including phenoxy) is 3. The van der Waals surface area contributed by atoms with Crippen molar-refractivity contribution in [2.24, 2.45) is 0 Å². The number of pyridine rings is 1. The number of aromatic amines is 1. The van der Waals surface area contributed by atoms with Gasteiger partial charge in [0.2, 0.25) is 18.1 Å². The van der Waals surface area contributed by atoms with Gasteiger partial charge in [0, 0.05) is 42.5 Å². The van der Waals surface area contributed by atoms with Crippen molar-refractivity contribution < 1.29 is 23.8 Å². The van der Waals surface area contributed by atoms with E-state index in [9.17, 15) is 14.4 Å². The summed E-state index contributed by atoms with van der Waals surface area (Å²) in [5.41, 5.74) is 2.22. The van der Waals surface area contributed by atoms with Gasteiger partial charge in [0.1, 0.15) is 11.3 Å². The Hall–Kier alpha value is -4.47. The number of aromatic nitrogens is 2. The Morgan fingerprint density at radius 2 is 1.92 bits per heavy atom. The van der Waals surface area contributed by atoms with E-state index in [-0.39, 0.29) is 24.8 Å². The number of nitrogens with one attached hydrogen (secondary N) is 3. The van der Waals surface area contributed by atoms with Gasteiger partial charge in [-0.15, -0.1) is 0 Å². The maximum atomic E-state index is 13.1. The van der Waals surface area contributed by atoms with E-state index in [2.05, 4.69) is 15.6 Å². The number of nitrogens with zero attached hydrogens (tertiary/aromatic N) is 1. The molecule has 186 valence electrons. The number of fused-ring (bicyclic) bond motifs is 3. The van der Waals surface area contributed by atoms with Crippen LogP contribution in [-0.2, 0) is 17.8 Å². The third kappa shape index (κ3) is 4.33. The van der Waals surface area contributed by atoms with E-state index in [1.165, 1.54) is 6.20 Å². The number of hydrogen-bond acceptors (Lipinski definition) is 6. The molecule has 1 aliphatic rings. The first kappa shape index (κ1) is 23.3. The smallest absolute Gasteiger partial charge is 0.257 e. The average molecular weight is 491 g/mol. The van der Waals surface area contributed by atoms with E-state index in [0.717, 1.165) is 22.2 Å². The van der Waals surface area contributed by atoms with Crippen molar-refractivity contribution in [2.45, 2.75) is 19.9 Å². The molecule has 0 atom stereocenters. The SMILES string of the molecule is CCn1cc(C(=O)NCC(=O)NCCc2c[nH]c3ccc(OC)cc23)c(=O)c2cc3c(cc21)OCO3. The highest BCUT2D eigenvalue weighted by Gasteiger charge is 2.21. The number of hydrogen-bond donors (Lipinski definition) is 3. The van der Waals surface area contributed by atoms with Crippen LogP contribution in [0.15, 0.2) is 47.5 Å². The molecule has 0 saturated heterocycles. The zero-order chi connectivity index (χ0) is 25.2. The van der Waals surface area contributed by atoms with Crippen LogP contribution in [-0.4, -0.2) is 48.4 Å². The molecule has 0 radical (unpaired) electrons. The van der Waals surface area contributed by atoms with Gasteiger partial charge in [-0.05, 0) is 43.2 Å². The number of carbonyl (C=O) groups is 2. The predicted octanol–water partition coefficient (Wildman–Crippen LogP) is 2.33. The van der Waals surface area contributed by atoms with E-state index in [4.69, 9.17) is 14.2 Å². The van der Waals surface area contributed by atoms with E-state index in [0.29, 0.717) is 41.9 Å². The molecule has 1 aliphatic heterocycles. The summed E-state index contributed by atoms with van der Waals surface area (Å²) >= 11 is 0. The molecule has 0 aliphatic carbocycles. The average Bonchev–Trinajstić information content (AvgIpc) is 3.52. The highest BCUT2D eigenvalue weighted by atomic mass is 16.7. The fourth-order valence-corrected chi connectivity index (χ4v) is 4.35. The monoisotopic (exact) mass is 490 g/mol. The van der Waals surface area contributed by atoms with Gasteiger partial charge in [0.25, 0.3) is 5.91 Å². The Labute approximate surface area is 206 Å². The van der Waals surface area contributed by atoms with Crippen molar-refractivity contribution in [3.63, 3.8) is 0 Å². The van der Waals surface area contributed by atoms with Crippen molar-refractivity contribution in [1.82, 2.24) is 20.2 Å². The molecule has 0 bridgehead atoms. The lowest BCUT2D eigenvalue weighted by molar-refractivity contribution is -0.120. The summed E-state index contributed by atoms with van der Waals surface area (Å²) in [7, 11) is 1.62. The summed E-state index contributed by atoms with van der Waals surface area (Å²) in [6, 6.07) is 9.10. The van der Waals surface area contributed by atoms with Gasteiger partial charge >= 0.3 is 0 Å². The summed E-state index contributed by atoms with van der Waals surface area (Å²) in [4.78, 5) is 41.4. The quantitative estimate of drug-likeness (QED) is 0.348. The van der Waals surface area contributed by atoms with Crippen LogP contribution in [0.5, 0.6) is 17.2 Å². The second-order valence-electron chi connectivity index (χ2n) is 8.39. The number of H-pyrrole nitrogens is 1. The van der Waals surface area contributed by atoms with Gasteiger partial charge in [-0.1, -0.05) is 0 Å². The lowest BCUT2D eigenvalue weighted by Gasteiger charge is -2.12. The first-order chi connectivity index (χ1) is 17.5. The molecule has 4 aromatic rings. The van der Waals surface area contributed by atoms with E-state index in [1.54, 1.807) is 23.8 Å². The van der Waals surface area contributed by atoms with Crippen LogP contribution in [0.2, 0.25) is 0 Å². The zero-order valence-electron chi connectivity index (χ0n) is 20.0. The van der Waals surface area contributed by atoms with Gasteiger partial charge in [0.15, 0.2) is 11.5 Å². The predicted molar refractivity (Wildman–Crippen MR) is 134 cm³/mol. The Morgan fingerprint density at radius 1 is 1.11 bits per heavy atom. The molecule has 10 heteroatoms. The number of rotatable bonds is 8. The molecule has 2 aromatic heterocycles. The van der Waals surface area contributed by atoms with E-state index < -0.39 is 11.3 Å². The van der Waals surface area contributed by atoms with Crippen LogP contribution in [0.4, 0.5) is 0 Å². The molecule has 10 nitrogen and oxygen atoms in total. The molecule has 3 heterocycles. The van der Waals surface area contributed by atoms with Crippen LogP contribution in [0, 0.1) is 0 Å². The molecule has 0 unspecified atom stereocenters. The van der Waals surface area contributed by atoms with Crippen LogP contribution in [0.1, 0.15) is 22.8 Å². The van der Waals surface area contributed by atoms with Crippen molar-refractivity contribution in [1.29, 1.82) is 0 Å². The molecule has 2 amide bonds. The van der Waals surface area contributed by atoms with Gasteiger partial charge in [-0.3, -0.25) is 14.4 Å². The minimum absolute atomic E-state index is 0.0382. The van der Waals surface area contributed by atoms with E-state index in [1.807, 2.05) is 31.3 Å². The Kier molecular flexibility index (Phi) is 6.24. The number of aryl methyl sites for hydroxylation is 1. The molecule has 0 spiro atoms. The number of carbonyl (C=O) groups excluding carboxylic acids is 2. The summed E-state index contributed by atoms with van der Waals surface area (Å²) in [5, 5.41) is 6.74. The van der Waals surface area contributed by atoms with Gasteiger partial charge < -0.3 is 34.4 Å². The van der Waals surface area contributed by atoms with Crippen molar-refractivity contribution in [3.05, 3.63) is 64.1 Å². The molecule has 2 aromatic carbocycles. The van der Waals surface area contributed by atoms with Crippen LogP contribution >= 0.6 is 0 Å². The number of methoxy groups -OCH3 is 1. The van der Waals surface area contributed by atoms with Gasteiger partial charge in [-0.25, -0.2) is 0 Å². The molecule has 5 rings (SSSR count). The molecular weight excluding hydrogens is 464 g/mol. The van der Waals surface area contributed by atoms with Crippen molar-refractivity contribution in [2.75, 3.05) is 27.0 Å². The minimum Gasteiger partial charge on any atom is -0.497 e. The lowest BCUT2D eigenvalue weighted by Crippen LogP contribution is -2.39. The standard InChI is InChI=1S/C26H26N4O6/c1-3-30-13-19(25(32)18-9-22-23(10-21(18)30)36-14-35-22)26(33)29-12-24(31)27-7-6-15-11-28-20-5-4-16(34-2)8-17(15)20/h4-5,8-11,13,28H,3,6-7,12,14H2,1-2H3,(H,27,31)(H,29,33). The number of benzene rings is 2. The minimum atomic E-state index is -0.611. The van der Waals surface area contributed by atoms with Crippen molar-refractivity contribution in [3.8, 4) is 17.2 Å². The molecule has 0 fully saturated rings. The number of amides is 2. The fourth-order valence-electron chi connectivity index (χ4n) is 4.35. The molecule has 36 heavy (non-hydrogen) atoms. The fraction of sp³-hybridized carbons (Fsp3) is 0.269. The Balaban J connectivity index is 1.22. The summed E-state index contributed by atoms with van der Waals surface area (Å²) in [6.07, 6.45) is 4.02. The normalized spacial score (nSPS) is 12.2. The summed E-state index contributed by atoms with van der Waals surface area (Å²) in [6.45, 7) is 2.68. The van der Waals surface area contributed by atoms with Crippen LogP contribution in [0.25, 0.3) is 21.8 Å². The van der Waals surface area contributed by atoms with Crippen LogP contribution in [0.3, 0.4) is 0 Å². The lowest BCUT2D eigenvalue weighted by atomic mass is 10.1. The summed E-state index contributed by atoms with van der Waals surface area (Å²) < 4.78 is 17.9. The van der Waals surface area contributed by atoms with Gasteiger partial charge in [0.05, 0.1) is 24.6 Å². The maximum absolute atomic E-state index is 13.1. The molecule has 3 N–H and O–H groups in total. The van der Waals surface area contributed by atoms with Crippen LogP contribution < -0.4 is 30.3 Å². The highest BCUT2D eigenvalue weighted by Crippen LogP contribution is 2.35. The largest absolute Gasteiger partial charge is 0.497 e. The summed E-state index contributed by atoms with van der Waals surface area (Å²) in [5.74, 6) is 0.829. The first-order valence-corrected chi connectivity index (χ1v) is 11.6.